The zero-order valence-corrected chi connectivity index (χ0v) is 15.9. The fourth-order valence-corrected chi connectivity index (χ4v) is 3.22. The molecule has 1 aromatic heterocycles. The maximum atomic E-state index is 5.26. The van der Waals surface area contributed by atoms with Crippen LogP contribution in [0.3, 0.4) is 0 Å². The van der Waals surface area contributed by atoms with Crippen molar-refractivity contribution in [3.63, 3.8) is 0 Å². The average molecular weight is 330 g/mol. The van der Waals surface area contributed by atoms with Crippen LogP contribution >= 0.6 is 0 Å². The minimum atomic E-state index is 0.283. The van der Waals surface area contributed by atoms with Gasteiger partial charge in [-0.1, -0.05) is 26.0 Å². The van der Waals surface area contributed by atoms with Gasteiger partial charge in [-0.05, 0) is 30.5 Å². The summed E-state index contributed by atoms with van der Waals surface area (Å²) < 4.78 is 7.21. The number of aromatic nitrogens is 2. The van der Waals surface area contributed by atoms with Gasteiger partial charge in [-0.3, -0.25) is 4.68 Å². The summed E-state index contributed by atoms with van der Waals surface area (Å²) in [5, 5.41) is 8.29. The smallest absolute Gasteiger partial charge is 0.130 e. The van der Waals surface area contributed by atoms with Gasteiger partial charge in [0.25, 0.3) is 0 Å². The van der Waals surface area contributed by atoms with E-state index in [2.05, 4.69) is 62.3 Å². The molecule has 132 valence electrons. The molecule has 0 saturated heterocycles. The second kappa shape index (κ2) is 7.71. The Morgan fingerprint density at radius 1 is 1.21 bits per heavy atom. The van der Waals surface area contributed by atoms with Gasteiger partial charge in [0.1, 0.15) is 11.6 Å². The van der Waals surface area contributed by atoms with Gasteiger partial charge in [0.2, 0.25) is 0 Å². The van der Waals surface area contributed by atoms with Gasteiger partial charge in [-0.2, -0.15) is 5.10 Å². The lowest BCUT2D eigenvalue weighted by atomic mass is 9.95. The second-order valence-corrected chi connectivity index (χ2v) is 6.78. The zero-order valence-electron chi connectivity index (χ0n) is 15.9. The molecule has 0 spiro atoms. The number of methoxy groups -OCH3 is 1. The monoisotopic (exact) mass is 330 g/mol. The Bertz CT molecular complexity index is 659. The highest BCUT2D eigenvalue weighted by atomic mass is 16.5. The number of aryl methyl sites for hydroxylation is 2. The Morgan fingerprint density at radius 3 is 2.33 bits per heavy atom. The Hall–Kier alpha value is -2.01. The number of hydrogen-bond donors (Lipinski definition) is 1. The van der Waals surface area contributed by atoms with Crippen LogP contribution < -0.4 is 15.0 Å². The predicted octanol–water partition coefficient (Wildman–Crippen LogP) is 3.29. The minimum absolute atomic E-state index is 0.283. The molecule has 0 saturated carbocycles. The van der Waals surface area contributed by atoms with Crippen molar-refractivity contribution >= 4 is 5.82 Å². The topological polar surface area (TPSA) is 42.3 Å². The summed E-state index contributed by atoms with van der Waals surface area (Å²) in [4.78, 5) is 2.12. The molecule has 1 heterocycles. The highest BCUT2D eigenvalue weighted by molar-refractivity contribution is 5.49. The molecule has 1 N–H and O–H groups in total. The van der Waals surface area contributed by atoms with Gasteiger partial charge in [0.05, 0.1) is 12.8 Å². The van der Waals surface area contributed by atoms with E-state index in [1.165, 1.54) is 11.1 Å². The van der Waals surface area contributed by atoms with Gasteiger partial charge < -0.3 is 15.0 Å². The quantitative estimate of drug-likeness (QED) is 0.846. The lowest BCUT2D eigenvalue weighted by Gasteiger charge is -2.24. The lowest BCUT2D eigenvalue weighted by Crippen LogP contribution is -2.26. The molecule has 2 aromatic rings. The molecule has 0 radical (unpaired) electrons. The Kier molecular flexibility index (Phi) is 5.89. The first-order valence-corrected chi connectivity index (χ1v) is 8.42. The first-order chi connectivity index (χ1) is 11.3. The van der Waals surface area contributed by atoms with Crippen LogP contribution in [0.5, 0.6) is 5.75 Å². The molecule has 5 nitrogen and oxygen atoms in total. The molecule has 0 unspecified atom stereocenters. The molecule has 0 aliphatic heterocycles. The van der Waals surface area contributed by atoms with Crippen molar-refractivity contribution in [3.05, 3.63) is 41.1 Å². The molecule has 1 atom stereocenters. The van der Waals surface area contributed by atoms with Crippen molar-refractivity contribution in [2.24, 2.45) is 13.0 Å². The molecule has 1 aromatic carbocycles. The summed E-state index contributed by atoms with van der Waals surface area (Å²) in [6.07, 6.45) is 0. The highest BCUT2D eigenvalue weighted by Crippen LogP contribution is 2.26. The summed E-state index contributed by atoms with van der Waals surface area (Å²) in [7, 11) is 7.81. The molecule has 0 aliphatic rings. The summed E-state index contributed by atoms with van der Waals surface area (Å²) in [5.41, 5.74) is 3.60. The molecule has 0 aliphatic carbocycles. The summed E-state index contributed by atoms with van der Waals surface area (Å²) in [6.45, 7) is 7.35. The predicted molar refractivity (Wildman–Crippen MR) is 99.7 cm³/mol. The van der Waals surface area contributed by atoms with Crippen LogP contribution in [0.2, 0.25) is 0 Å². The van der Waals surface area contributed by atoms with Crippen molar-refractivity contribution in [1.29, 1.82) is 0 Å². The third kappa shape index (κ3) is 3.90. The van der Waals surface area contributed by atoms with E-state index in [0.717, 1.165) is 23.8 Å². The molecule has 0 fully saturated rings. The molecule has 24 heavy (non-hydrogen) atoms. The number of rotatable bonds is 7. The van der Waals surface area contributed by atoms with E-state index in [1.54, 1.807) is 7.11 Å². The number of nitrogens with zero attached hydrogens (tertiary/aromatic N) is 3. The molecule has 0 bridgehead atoms. The van der Waals surface area contributed by atoms with E-state index >= 15 is 0 Å². The highest BCUT2D eigenvalue weighted by Gasteiger charge is 2.19. The van der Waals surface area contributed by atoms with Crippen molar-refractivity contribution in [2.45, 2.75) is 33.4 Å². The van der Waals surface area contributed by atoms with Crippen LogP contribution in [0.25, 0.3) is 0 Å². The van der Waals surface area contributed by atoms with E-state index < -0.39 is 0 Å². The first-order valence-electron chi connectivity index (χ1n) is 8.42. The largest absolute Gasteiger partial charge is 0.497 e. The number of benzene rings is 1. The van der Waals surface area contributed by atoms with Gasteiger partial charge in [-0.15, -0.1) is 0 Å². The number of ether oxygens (including phenoxy) is 1. The van der Waals surface area contributed by atoms with E-state index in [4.69, 9.17) is 4.74 Å². The standard InChI is InChI=1S/C19H30N4O/c1-13(2)18(15-8-10-16(24-7)11-9-15)20-12-17-14(3)21-23(6)19(17)22(4)5/h8-11,13,18,20H,12H2,1-7H3/t18-/m1/s1. The number of anilines is 1. The van der Waals surface area contributed by atoms with E-state index in [-0.39, 0.29) is 6.04 Å². The SMILES string of the molecule is COc1ccc([C@H](NCc2c(C)nn(C)c2N(C)C)C(C)C)cc1. The number of hydrogen-bond acceptors (Lipinski definition) is 4. The van der Waals surface area contributed by atoms with E-state index in [9.17, 15) is 0 Å². The van der Waals surface area contributed by atoms with Crippen molar-refractivity contribution in [1.82, 2.24) is 15.1 Å². The minimum Gasteiger partial charge on any atom is -0.497 e. The van der Waals surface area contributed by atoms with Crippen LogP contribution in [0.1, 0.15) is 36.7 Å². The summed E-state index contributed by atoms with van der Waals surface area (Å²) >= 11 is 0. The third-order valence-electron chi connectivity index (χ3n) is 4.38. The maximum Gasteiger partial charge on any atom is 0.130 e. The van der Waals surface area contributed by atoms with Crippen LogP contribution in [-0.4, -0.2) is 31.0 Å². The molecular weight excluding hydrogens is 300 g/mol. The lowest BCUT2D eigenvalue weighted by molar-refractivity contribution is 0.404. The van der Waals surface area contributed by atoms with Crippen molar-refractivity contribution < 1.29 is 4.74 Å². The van der Waals surface area contributed by atoms with Crippen LogP contribution in [0.4, 0.5) is 5.82 Å². The normalized spacial score (nSPS) is 12.5. The van der Waals surface area contributed by atoms with E-state index in [1.807, 2.05) is 23.9 Å². The Balaban J connectivity index is 2.20. The van der Waals surface area contributed by atoms with Crippen LogP contribution in [0.15, 0.2) is 24.3 Å². The van der Waals surface area contributed by atoms with Gasteiger partial charge >= 0.3 is 0 Å². The van der Waals surface area contributed by atoms with Gasteiger partial charge in [-0.25, -0.2) is 0 Å². The summed E-state index contributed by atoms with van der Waals surface area (Å²) in [6, 6.07) is 8.60. The van der Waals surface area contributed by atoms with Gasteiger partial charge in [0, 0.05) is 39.3 Å². The van der Waals surface area contributed by atoms with Crippen LogP contribution in [0, 0.1) is 12.8 Å². The Labute approximate surface area is 145 Å². The average Bonchev–Trinajstić information content (AvgIpc) is 2.81. The molecule has 2 rings (SSSR count). The summed E-state index contributed by atoms with van der Waals surface area (Å²) in [5.74, 6) is 2.52. The molecule has 5 heteroatoms. The van der Waals surface area contributed by atoms with Crippen molar-refractivity contribution in [2.75, 3.05) is 26.1 Å². The second-order valence-electron chi connectivity index (χ2n) is 6.78. The fraction of sp³-hybridized carbons (Fsp3) is 0.526. The molecular formula is C19H30N4O. The third-order valence-corrected chi connectivity index (χ3v) is 4.38. The Morgan fingerprint density at radius 2 is 1.83 bits per heavy atom. The zero-order chi connectivity index (χ0) is 17.9. The number of nitrogens with one attached hydrogen (secondary N) is 1. The van der Waals surface area contributed by atoms with E-state index in [0.29, 0.717) is 5.92 Å². The fourth-order valence-electron chi connectivity index (χ4n) is 3.22. The first kappa shape index (κ1) is 18.3. The van der Waals surface area contributed by atoms with Crippen molar-refractivity contribution in [3.8, 4) is 5.75 Å². The van der Waals surface area contributed by atoms with Crippen LogP contribution in [-0.2, 0) is 13.6 Å². The van der Waals surface area contributed by atoms with Gasteiger partial charge in [0.15, 0.2) is 0 Å². The maximum absolute atomic E-state index is 5.26. The molecule has 0 amide bonds.